The fourth-order valence-corrected chi connectivity index (χ4v) is 4.25. The molecular formula is C14H20N4O3S. The van der Waals surface area contributed by atoms with E-state index in [1.54, 1.807) is 19.9 Å². The molecule has 0 bridgehead atoms. The molecule has 0 saturated heterocycles. The quantitative estimate of drug-likeness (QED) is 0.927. The van der Waals surface area contributed by atoms with E-state index in [-0.39, 0.29) is 10.9 Å². The van der Waals surface area contributed by atoms with Crippen LogP contribution in [0.25, 0.3) is 0 Å². The maximum Gasteiger partial charge on any atom is 0.244 e. The molecule has 0 saturated carbocycles. The SMILES string of the molecule is CCc1nc2n(n1)CCC[C@H]2NS(=O)(=O)c1cc(C)oc1C. The van der Waals surface area contributed by atoms with Crippen molar-refractivity contribution in [1.29, 1.82) is 0 Å². The van der Waals surface area contributed by atoms with Crippen LogP contribution in [0.3, 0.4) is 0 Å². The van der Waals surface area contributed by atoms with E-state index in [0.29, 0.717) is 17.3 Å². The van der Waals surface area contributed by atoms with Gasteiger partial charge in [-0.2, -0.15) is 5.10 Å². The number of hydrogen-bond donors (Lipinski definition) is 1. The van der Waals surface area contributed by atoms with Gasteiger partial charge in [-0.3, -0.25) is 0 Å². The van der Waals surface area contributed by atoms with Crippen LogP contribution >= 0.6 is 0 Å². The van der Waals surface area contributed by atoms with Crippen LogP contribution in [0.2, 0.25) is 0 Å². The van der Waals surface area contributed by atoms with Crippen molar-refractivity contribution in [3.05, 3.63) is 29.2 Å². The van der Waals surface area contributed by atoms with E-state index < -0.39 is 10.0 Å². The van der Waals surface area contributed by atoms with Gasteiger partial charge in [-0.05, 0) is 32.8 Å². The second-order valence-electron chi connectivity index (χ2n) is 5.56. The molecule has 3 rings (SSSR count). The van der Waals surface area contributed by atoms with Crippen molar-refractivity contribution >= 4 is 10.0 Å². The molecule has 1 aliphatic rings. The van der Waals surface area contributed by atoms with Gasteiger partial charge in [-0.15, -0.1) is 0 Å². The standard InChI is InChI=1S/C14H20N4O3S/c1-4-13-15-14-11(6-5-7-18(14)16-13)17-22(19,20)12-8-9(2)21-10(12)3/h8,11,17H,4-7H2,1-3H3/t11-/m1/s1. The van der Waals surface area contributed by atoms with Crippen LogP contribution in [-0.4, -0.2) is 23.2 Å². The Kier molecular flexibility index (Phi) is 3.82. The van der Waals surface area contributed by atoms with Crippen LogP contribution in [0.4, 0.5) is 0 Å². The summed E-state index contributed by atoms with van der Waals surface area (Å²) in [4.78, 5) is 4.65. The Morgan fingerprint density at radius 1 is 1.45 bits per heavy atom. The normalized spacial score (nSPS) is 18.4. The first kappa shape index (κ1) is 15.2. The number of sulfonamides is 1. The number of rotatable bonds is 4. The summed E-state index contributed by atoms with van der Waals surface area (Å²) in [5.41, 5.74) is 0. The zero-order valence-electron chi connectivity index (χ0n) is 13.0. The van der Waals surface area contributed by atoms with E-state index in [1.807, 2.05) is 11.6 Å². The van der Waals surface area contributed by atoms with Crippen molar-refractivity contribution in [2.45, 2.75) is 57.5 Å². The topological polar surface area (TPSA) is 90.0 Å². The highest BCUT2D eigenvalue weighted by Crippen LogP contribution is 2.27. The molecule has 0 unspecified atom stereocenters. The van der Waals surface area contributed by atoms with Gasteiger partial charge in [0.1, 0.15) is 22.2 Å². The third kappa shape index (κ3) is 2.68. The highest BCUT2D eigenvalue weighted by Gasteiger charge is 2.30. The van der Waals surface area contributed by atoms with Crippen LogP contribution in [0, 0.1) is 13.8 Å². The van der Waals surface area contributed by atoms with Gasteiger partial charge in [-0.25, -0.2) is 22.8 Å². The predicted octanol–water partition coefficient (Wildman–Crippen LogP) is 1.86. The lowest BCUT2D eigenvalue weighted by atomic mass is 10.1. The fraction of sp³-hybridized carbons (Fsp3) is 0.571. The Hall–Kier alpha value is -1.67. The summed E-state index contributed by atoms with van der Waals surface area (Å²) in [6, 6.07) is 1.20. The highest BCUT2D eigenvalue weighted by molar-refractivity contribution is 7.89. The summed E-state index contributed by atoms with van der Waals surface area (Å²) < 4.78 is 35.1. The largest absolute Gasteiger partial charge is 0.465 e. The van der Waals surface area contributed by atoms with Crippen molar-refractivity contribution < 1.29 is 12.8 Å². The van der Waals surface area contributed by atoms with Crippen molar-refractivity contribution in [3.8, 4) is 0 Å². The number of aryl methyl sites for hydroxylation is 4. The minimum atomic E-state index is -3.63. The van der Waals surface area contributed by atoms with Crippen LogP contribution in [-0.2, 0) is 23.0 Å². The molecule has 7 nitrogen and oxygen atoms in total. The van der Waals surface area contributed by atoms with Gasteiger partial charge in [0.15, 0.2) is 5.82 Å². The van der Waals surface area contributed by atoms with Gasteiger partial charge in [0.2, 0.25) is 10.0 Å². The molecule has 0 radical (unpaired) electrons. The number of aromatic nitrogens is 3. The smallest absolute Gasteiger partial charge is 0.244 e. The van der Waals surface area contributed by atoms with E-state index in [9.17, 15) is 8.42 Å². The first-order valence-electron chi connectivity index (χ1n) is 7.43. The maximum absolute atomic E-state index is 12.6. The molecule has 1 N–H and O–H groups in total. The summed E-state index contributed by atoms with van der Waals surface area (Å²) in [7, 11) is -3.63. The van der Waals surface area contributed by atoms with E-state index >= 15 is 0 Å². The molecule has 0 aliphatic carbocycles. The van der Waals surface area contributed by atoms with Crippen LogP contribution in [0.5, 0.6) is 0 Å². The lowest BCUT2D eigenvalue weighted by Crippen LogP contribution is -2.33. The summed E-state index contributed by atoms with van der Waals surface area (Å²) in [6.45, 7) is 6.15. The number of nitrogens with one attached hydrogen (secondary N) is 1. The third-order valence-corrected chi connectivity index (χ3v) is 5.40. The second kappa shape index (κ2) is 5.51. The Morgan fingerprint density at radius 2 is 2.23 bits per heavy atom. The van der Waals surface area contributed by atoms with Gasteiger partial charge in [0.25, 0.3) is 0 Å². The molecule has 3 heterocycles. The minimum Gasteiger partial charge on any atom is -0.465 e. The highest BCUT2D eigenvalue weighted by atomic mass is 32.2. The Balaban J connectivity index is 1.91. The Morgan fingerprint density at radius 3 is 2.86 bits per heavy atom. The fourth-order valence-electron chi connectivity index (χ4n) is 2.79. The zero-order chi connectivity index (χ0) is 15.9. The monoisotopic (exact) mass is 324 g/mol. The number of hydrogen-bond acceptors (Lipinski definition) is 5. The number of nitrogens with zero attached hydrogens (tertiary/aromatic N) is 3. The van der Waals surface area contributed by atoms with Gasteiger partial charge < -0.3 is 4.42 Å². The summed E-state index contributed by atoms with van der Waals surface area (Å²) in [5.74, 6) is 2.43. The van der Waals surface area contributed by atoms with Gasteiger partial charge >= 0.3 is 0 Å². The molecule has 8 heteroatoms. The first-order chi connectivity index (χ1) is 10.4. The maximum atomic E-state index is 12.6. The average molecular weight is 324 g/mol. The second-order valence-corrected chi connectivity index (χ2v) is 7.24. The minimum absolute atomic E-state index is 0.192. The van der Waals surface area contributed by atoms with Crippen LogP contribution < -0.4 is 4.72 Å². The van der Waals surface area contributed by atoms with Crippen LogP contribution in [0.15, 0.2) is 15.4 Å². The van der Waals surface area contributed by atoms with E-state index in [4.69, 9.17) is 4.42 Å². The van der Waals surface area contributed by atoms with Crippen LogP contribution in [0.1, 0.15) is 49.0 Å². The van der Waals surface area contributed by atoms with Gasteiger partial charge in [-0.1, -0.05) is 6.92 Å². The number of furan rings is 1. The molecular weight excluding hydrogens is 304 g/mol. The van der Waals surface area contributed by atoms with Crippen molar-refractivity contribution in [1.82, 2.24) is 19.5 Å². The molecule has 2 aromatic heterocycles. The molecule has 0 aromatic carbocycles. The molecule has 0 spiro atoms. The number of fused-ring (bicyclic) bond motifs is 1. The predicted molar refractivity (Wildman–Crippen MR) is 79.9 cm³/mol. The summed E-state index contributed by atoms with van der Waals surface area (Å²) in [5, 5.41) is 4.40. The molecule has 0 amide bonds. The third-order valence-electron chi connectivity index (χ3n) is 3.82. The van der Waals surface area contributed by atoms with E-state index in [1.165, 1.54) is 0 Å². The summed E-state index contributed by atoms with van der Waals surface area (Å²) in [6.07, 6.45) is 2.33. The first-order valence-corrected chi connectivity index (χ1v) is 8.92. The summed E-state index contributed by atoms with van der Waals surface area (Å²) >= 11 is 0. The molecule has 22 heavy (non-hydrogen) atoms. The van der Waals surface area contributed by atoms with E-state index in [2.05, 4.69) is 14.8 Å². The lowest BCUT2D eigenvalue weighted by molar-refractivity contribution is 0.399. The van der Waals surface area contributed by atoms with Gasteiger partial charge in [0.05, 0.1) is 6.04 Å². The Bertz CT molecular complexity index is 791. The molecule has 1 aliphatic heterocycles. The van der Waals surface area contributed by atoms with Crippen molar-refractivity contribution in [2.24, 2.45) is 0 Å². The Labute approximate surface area is 129 Å². The van der Waals surface area contributed by atoms with Gasteiger partial charge in [0, 0.05) is 13.0 Å². The molecule has 120 valence electrons. The average Bonchev–Trinajstić information content (AvgIpc) is 3.02. The molecule has 2 aromatic rings. The van der Waals surface area contributed by atoms with Crippen molar-refractivity contribution in [2.75, 3.05) is 0 Å². The molecule has 0 fully saturated rings. The molecule has 1 atom stereocenters. The zero-order valence-corrected chi connectivity index (χ0v) is 13.8. The van der Waals surface area contributed by atoms with Crippen molar-refractivity contribution in [3.63, 3.8) is 0 Å². The van der Waals surface area contributed by atoms with E-state index in [0.717, 1.165) is 31.6 Å². The lowest BCUT2D eigenvalue weighted by Gasteiger charge is -2.22.